The summed E-state index contributed by atoms with van der Waals surface area (Å²) < 4.78 is 0. The first kappa shape index (κ1) is 11.1. The van der Waals surface area contributed by atoms with E-state index in [1.807, 2.05) is 25.1 Å². The Hall–Kier alpha value is -1.37. The van der Waals surface area contributed by atoms with Crippen LogP contribution in [0.3, 0.4) is 0 Å². The second-order valence-electron chi connectivity index (χ2n) is 4.43. The zero-order valence-electron chi connectivity index (χ0n) is 9.48. The van der Waals surface area contributed by atoms with Gasteiger partial charge in [-0.25, -0.2) is 0 Å². The number of aryl methyl sites for hydroxylation is 1. The molecule has 2 rings (SSSR count). The number of nitriles is 1. The summed E-state index contributed by atoms with van der Waals surface area (Å²) in [5.74, 6) is 0. The Morgan fingerprint density at radius 2 is 2.38 bits per heavy atom. The van der Waals surface area contributed by atoms with Gasteiger partial charge in [0.2, 0.25) is 0 Å². The van der Waals surface area contributed by atoms with Gasteiger partial charge in [-0.2, -0.15) is 5.26 Å². The number of likely N-dealkylation sites (tertiary alicyclic amines) is 1. The van der Waals surface area contributed by atoms with Crippen LogP contribution in [0.25, 0.3) is 0 Å². The number of hydrogen-bond acceptors (Lipinski definition) is 3. The lowest BCUT2D eigenvalue weighted by Crippen LogP contribution is -2.21. The number of benzene rings is 1. The summed E-state index contributed by atoms with van der Waals surface area (Å²) in [5.41, 5.74) is 3.11. The summed E-state index contributed by atoms with van der Waals surface area (Å²) >= 11 is 0. The number of rotatable bonds is 2. The normalized spacial score (nSPS) is 20.9. The smallest absolute Gasteiger partial charge is 0.0991 e. The highest BCUT2D eigenvalue weighted by atomic mass is 16.3. The van der Waals surface area contributed by atoms with Crippen LogP contribution in [0.1, 0.15) is 23.1 Å². The van der Waals surface area contributed by atoms with Crippen molar-refractivity contribution in [1.29, 1.82) is 5.26 Å². The van der Waals surface area contributed by atoms with Crippen LogP contribution in [0.4, 0.5) is 0 Å². The van der Waals surface area contributed by atoms with Gasteiger partial charge in [0, 0.05) is 19.6 Å². The second kappa shape index (κ2) is 4.65. The fourth-order valence-electron chi connectivity index (χ4n) is 2.14. The Morgan fingerprint density at radius 1 is 1.56 bits per heavy atom. The van der Waals surface area contributed by atoms with Gasteiger partial charge in [-0.05, 0) is 36.6 Å². The minimum atomic E-state index is -0.168. The highest BCUT2D eigenvalue weighted by Crippen LogP contribution is 2.17. The molecule has 0 radical (unpaired) electrons. The Kier molecular flexibility index (Phi) is 3.23. The quantitative estimate of drug-likeness (QED) is 0.813. The van der Waals surface area contributed by atoms with E-state index in [9.17, 15) is 5.11 Å². The third kappa shape index (κ3) is 2.41. The molecule has 1 saturated heterocycles. The predicted octanol–water partition coefficient (Wildman–Crippen LogP) is 1.43. The molecule has 84 valence electrons. The fourth-order valence-corrected chi connectivity index (χ4v) is 2.14. The van der Waals surface area contributed by atoms with E-state index < -0.39 is 0 Å². The third-order valence-electron chi connectivity index (χ3n) is 3.11. The molecule has 1 N–H and O–H groups in total. The first-order chi connectivity index (χ1) is 7.69. The Morgan fingerprint density at radius 3 is 2.94 bits per heavy atom. The van der Waals surface area contributed by atoms with Crippen LogP contribution in [-0.4, -0.2) is 29.2 Å². The SMILES string of the molecule is Cc1cc(C#N)ccc1CN1CC[C@@H](O)C1. The average molecular weight is 216 g/mol. The summed E-state index contributed by atoms with van der Waals surface area (Å²) in [5, 5.41) is 18.2. The van der Waals surface area contributed by atoms with Crippen LogP contribution in [0.5, 0.6) is 0 Å². The van der Waals surface area contributed by atoms with Crippen molar-refractivity contribution in [2.24, 2.45) is 0 Å². The number of aliphatic hydroxyl groups is 1. The minimum absolute atomic E-state index is 0.168. The van der Waals surface area contributed by atoms with E-state index >= 15 is 0 Å². The van der Waals surface area contributed by atoms with Crippen LogP contribution in [0, 0.1) is 18.3 Å². The molecule has 0 bridgehead atoms. The van der Waals surface area contributed by atoms with E-state index in [1.165, 1.54) is 5.56 Å². The number of hydrogen-bond donors (Lipinski definition) is 1. The van der Waals surface area contributed by atoms with Gasteiger partial charge in [0.15, 0.2) is 0 Å². The minimum Gasteiger partial charge on any atom is -0.392 e. The zero-order valence-corrected chi connectivity index (χ0v) is 9.48. The molecule has 1 aliphatic heterocycles. The van der Waals surface area contributed by atoms with Gasteiger partial charge in [-0.15, -0.1) is 0 Å². The van der Waals surface area contributed by atoms with Crippen LogP contribution in [-0.2, 0) is 6.54 Å². The van der Waals surface area contributed by atoms with Crippen LogP contribution < -0.4 is 0 Å². The first-order valence-corrected chi connectivity index (χ1v) is 5.59. The summed E-state index contributed by atoms with van der Waals surface area (Å²) in [7, 11) is 0. The molecule has 3 heteroatoms. The summed E-state index contributed by atoms with van der Waals surface area (Å²) in [6, 6.07) is 7.93. The molecule has 16 heavy (non-hydrogen) atoms. The molecule has 1 atom stereocenters. The molecule has 1 heterocycles. The molecule has 1 fully saturated rings. The van der Waals surface area contributed by atoms with Crippen molar-refractivity contribution in [3.63, 3.8) is 0 Å². The van der Waals surface area contributed by atoms with Crippen molar-refractivity contribution in [3.8, 4) is 6.07 Å². The van der Waals surface area contributed by atoms with E-state index in [4.69, 9.17) is 5.26 Å². The molecular weight excluding hydrogens is 200 g/mol. The molecule has 0 amide bonds. The van der Waals surface area contributed by atoms with Crippen molar-refractivity contribution in [2.45, 2.75) is 26.0 Å². The first-order valence-electron chi connectivity index (χ1n) is 5.59. The summed E-state index contributed by atoms with van der Waals surface area (Å²) in [4.78, 5) is 2.25. The third-order valence-corrected chi connectivity index (χ3v) is 3.11. The van der Waals surface area contributed by atoms with Gasteiger partial charge in [0.05, 0.1) is 17.7 Å². The Balaban J connectivity index is 2.08. The van der Waals surface area contributed by atoms with Gasteiger partial charge in [0.25, 0.3) is 0 Å². The van der Waals surface area contributed by atoms with Crippen LogP contribution in [0.15, 0.2) is 18.2 Å². The lowest BCUT2D eigenvalue weighted by atomic mass is 10.1. The van der Waals surface area contributed by atoms with Crippen molar-refractivity contribution >= 4 is 0 Å². The molecular formula is C13H16N2O. The van der Waals surface area contributed by atoms with Crippen molar-refractivity contribution in [3.05, 3.63) is 34.9 Å². The number of aliphatic hydroxyl groups excluding tert-OH is 1. The largest absolute Gasteiger partial charge is 0.392 e. The predicted molar refractivity (Wildman–Crippen MR) is 61.8 cm³/mol. The summed E-state index contributed by atoms with van der Waals surface area (Å²) in [6.45, 7) is 4.62. The maximum Gasteiger partial charge on any atom is 0.0991 e. The average Bonchev–Trinajstić information content (AvgIpc) is 2.67. The maximum atomic E-state index is 9.44. The summed E-state index contributed by atoms with van der Waals surface area (Å²) in [6.07, 6.45) is 0.702. The van der Waals surface area contributed by atoms with E-state index in [1.54, 1.807) is 0 Å². The topological polar surface area (TPSA) is 47.3 Å². The lowest BCUT2D eigenvalue weighted by Gasteiger charge is -2.16. The van der Waals surface area contributed by atoms with Gasteiger partial charge in [-0.3, -0.25) is 4.90 Å². The van der Waals surface area contributed by atoms with Crippen molar-refractivity contribution in [1.82, 2.24) is 4.90 Å². The van der Waals surface area contributed by atoms with Crippen LogP contribution in [0.2, 0.25) is 0 Å². The lowest BCUT2D eigenvalue weighted by molar-refractivity contribution is 0.174. The molecule has 0 aliphatic carbocycles. The van der Waals surface area contributed by atoms with Gasteiger partial charge < -0.3 is 5.11 Å². The van der Waals surface area contributed by atoms with Gasteiger partial charge >= 0.3 is 0 Å². The maximum absolute atomic E-state index is 9.44. The molecule has 1 aromatic carbocycles. The van der Waals surface area contributed by atoms with E-state index in [0.29, 0.717) is 5.56 Å². The standard InChI is InChI=1S/C13H16N2O/c1-10-6-11(7-14)2-3-12(10)8-15-5-4-13(16)9-15/h2-3,6,13,16H,4-5,8-9H2,1H3/t13-/m1/s1. The fraction of sp³-hybridized carbons (Fsp3) is 0.462. The Labute approximate surface area is 95.9 Å². The van der Waals surface area contributed by atoms with Gasteiger partial charge in [-0.1, -0.05) is 6.07 Å². The molecule has 1 aliphatic rings. The monoisotopic (exact) mass is 216 g/mol. The molecule has 0 unspecified atom stereocenters. The van der Waals surface area contributed by atoms with Gasteiger partial charge in [0.1, 0.15) is 0 Å². The van der Waals surface area contributed by atoms with E-state index in [0.717, 1.165) is 31.6 Å². The number of β-amino-alcohol motifs (C(OH)–C–C–N with tert-alkyl or cyclic N) is 1. The molecule has 0 aromatic heterocycles. The highest BCUT2D eigenvalue weighted by Gasteiger charge is 2.20. The van der Waals surface area contributed by atoms with Crippen molar-refractivity contribution < 1.29 is 5.11 Å². The number of nitrogens with zero attached hydrogens (tertiary/aromatic N) is 2. The Bertz CT molecular complexity index is 422. The molecule has 1 aromatic rings. The van der Waals surface area contributed by atoms with Crippen LogP contribution >= 0.6 is 0 Å². The van der Waals surface area contributed by atoms with E-state index in [-0.39, 0.29) is 6.10 Å². The van der Waals surface area contributed by atoms with Crippen molar-refractivity contribution in [2.75, 3.05) is 13.1 Å². The molecule has 3 nitrogen and oxygen atoms in total. The molecule has 0 saturated carbocycles. The highest BCUT2D eigenvalue weighted by molar-refractivity contribution is 5.37. The zero-order chi connectivity index (χ0) is 11.5. The van der Waals surface area contributed by atoms with E-state index in [2.05, 4.69) is 11.0 Å². The molecule has 0 spiro atoms. The second-order valence-corrected chi connectivity index (χ2v) is 4.43.